The lowest BCUT2D eigenvalue weighted by atomic mass is 9.82. The molecule has 2 fully saturated rings. The van der Waals surface area contributed by atoms with Crippen LogP contribution in [0.2, 0.25) is 0 Å². The van der Waals surface area contributed by atoms with E-state index in [-0.39, 0.29) is 30.0 Å². The molecule has 0 atom stereocenters. The summed E-state index contributed by atoms with van der Waals surface area (Å²) in [5, 5.41) is 6.67. The molecule has 0 bridgehead atoms. The maximum absolute atomic E-state index is 13.0. The SMILES string of the molecule is O=C1NC2(CCCCC2)C(=O)N1Cc1noc(-c2ccc(F)cc2)n1. The summed E-state index contributed by atoms with van der Waals surface area (Å²) in [5.41, 5.74) is -0.195. The number of hydrogen-bond donors (Lipinski definition) is 1. The summed E-state index contributed by atoms with van der Waals surface area (Å²) in [6.45, 7) is -0.0445. The molecule has 1 aromatic heterocycles. The third-order valence-electron chi connectivity index (χ3n) is 4.81. The molecule has 1 saturated heterocycles. The van der Waals surface area contributed by atoms with Crippen LogP contribution in [0.25, 0.3) is 11.5 Å². The molecule has 0 radical (unpaired) electrons. The molecule has 0 unspecified atom stereocenters. The second kappa shape index (κ2) is 5.94. The number of halogens is 1. The predicted octanol–water partition coefficient (Wildman–Crippen LogP) is 2.63. The average Bonchev–Trinajstić information content (AvgIpc) is 3.16. The molecule has 3 amide bonds. The monoisotopic (exact) mass is 344 g/mol. The first-order valence-corrected chi connectivity index (χ1v) is 8.30. The highest BCUT2D eigenvalue weighted by molar-refractivity contribution is 6.06. The number of aromatic nitrogens is 2. The normalized spacial score (nSPS) is 19.5. The lowest BCUT2D eigenvalue weighted by molar-refractivity contribution is -0.132. The minimum absolute atomic E-state index is 0.0445. The van der Waals surface area contributed by atoms with Gasteiger partial charge in [0.05, 0.1) is 6.54 Å². The van der Waals surface area contributed by atoms with Gasteiger partial charge < -0.3 is 9.84 Å². The number of hydrogen-bond acceptors (Lipinski definition) is 5. The Hall–Kier alpha value is -2.77. The molecule has 2 aliphatic rings. The van der Waals surface area contributed by atoms with Gasteiger partial charge in [-0.25, -0.2) is 9.18 Å². The molecule has 8 heteroatoms. The van der Waals surface area contributed by atoms with Crippen molar-refractivity contribution in [1.82, 2.24) is 20.4 Å². The number of carbonyl (C=O) groups excluding carboxylic acids is 2. The van der Waals surface area contributed by atoms with Crippen molar-refractivity contribution in [2.75, 3.05) is 0 Å². The molecule has 2 aromatic rings. The van der Waals surface area contributed by atoms with Crippen molar-refractivity contribution in [2.24, 2.45) is 0 Å². The van der Waals surface area contributed by atoms with Gasteiger partial charge in [0.2, 0.25) is 0 Å². The van der Waals surface area contributed by atoms with E-state index in [1.54, 1.807) is 0 Å². The number of urea groups is 1. The summed E-state index contributed by atoms with van der Waals surface area (Å²) in [6.07, 6.45) is 4.27. The molecule has 1 aromatic carbocycles. The third-order valence-corrected chi connectivity index (χ3v) is 4.81. The van der Waals surface area contributed by atoms with E-state index in [1.807, 2.05) is 0 Å². The van der Waals surface area contributed by atoms with Gasteiger partial charge >= 0.3 is 6.03 Å². The highest BCUT2D eigenvalue weighted by atomic mass is 19.1. The molecule has 25 heavy (non-hydrogen) atoms. The van der Waals surface area contributed by atoms with E-state index >= 15 is 0 Å². The molecule has 2 heterocycles. The van der Waals surface area contributed by atoms with Crippen LogP contribution in [0.4, 0.5) is 9.18 Å². The Morgan fingerprint density at radius 2 is 1.88 bits per heavy atom. The first kappa shape index (κ1) is 15.7. The van der Waals surface area contributed by atoms with E-state index in [2.05, 4.69) is 15.5 Å². The topological polar surface area (TPSA) is 88.3 Å². The van der Waals surface area contributed by atoms with Crippen LogP contribution >= 0.6 is 0 Å². The third kappa shape index (κ3) is 2.77. The first-order chi connectivity index (χ1) is 12.1. The summed E-state index contributed by atoms with van der Waals surface area (Å²) in [5.74, 6) is -0.129. The number of imide groups is 1. The Kier molecular flexibility index (Phi) is 3.74. The van der Waals surface area contributed by atoms with E-state index < -0.39 is 11.6 Å². The fourth-order valence-corrected chi connectivity index (χ4v) is 3.48. The highest BCUT2D eigenvalue weighted by Gasteiger charge is 2.51. The Balaban J connectivity index is 1.51. The lowest BCUT2D eigenvalue weighted by Gasteiger charge is -2.30. The van der Waals surface area contributed by atoms with E-state index in [0.29, 0.717) is 18.4 Å². The van der Waals surface area contributed by atoms with Gasteiger partial charge in [0.1, 0.15) is 11.4 Å². The maximum atomic E-state index is 13.0. The van der Waals surface area contributed by atoms with E-state index in [9.17, 15) is 14.0 Å². The zero-order valence-electron chi connectivity index (χ0n) is 13.5. The van der Waals surface area contributed by atoms with Crippen LogP contribution in [0.15, 0.2) is 28.8 Å². The molecule has 1 saturated carbocycles. The van der Waals surface area contributed by atoms with Gasteiger partial charge in [-0.05, 0) is 37.1 Å². The van der Waals surface area contributed by atoms with Crippen molar-refractivity contribution >= 4 is 11.9 Å². The summed E-state index contributed by atoms with van der Waals surface area (Å²) in [7, 11) is 0. The van der Waals surface area contributed by atoms with Crippen molar-refractivity contribution in [2.45, 2.75) is 44.2 Å². The molecule has 1 aliphatic heterocycles. The number of carbonyl (C=O) groups is 2. The van der Waals surface area contributed by atoms with Gasteiger partial charge in [0.15, 0.2) is 5.82 Å². The van der Waals surface area contributed by atoms with Gasteiger partial charge in [-0.3, -0.25) is 9.69 Å². The quantitative estimate of drug-likeness (QED) is 0.865. The van der Waals surface area contributed by atoms with Crippen molar-refractivity contribution in [3.05, 3.63) is 35.9 Å². The summed E-state index contributed by atoms with van der Waals surface area (Å²) < 4.78 is 18.1. The fourth-order valence-electron chi connectivity index (χ4n) is 3.48. The zero-order valence-corrected chi connectivity index (χ0v) is 13.5. The Labute approximate surface area is 143 Å². The van der Waals surface area contributed by atoms with Crippen molar-refractivity contribution in [3.8, 4) is 11.5 Å². The summed E-state index contributed by atoms with van der Waals surface area (Å²) >= 11 is 0. The van der Waals surface area contributed by atoms with Crippen LogP contribution in [0.5, 0.6) is 0 Å². The Morgan fingerprint density at radius 3 is 2.60 bits per heavy atom. The number of benzene rings is 1. The average molecular weight is 344 g/mol. The Bertz CT molecular complexity index is 812. The number of nitrogens with one attached hydrogen (secondary N) is 1. The largest absolute Gasteiger partial charge is 0.334 e. The molecule has 7 nitrogen and oxygen atoms in total. The summed E-state index contributed by atoms with van der Waals surface area (Å²) in [4.78, 5) is 30.3. The highest BCUT2D eigenvalue weighted by Crippen LogP contribution is 2.34. The van der Waals surface area contributed by atoms with Crippen molar-refractivity contribution in [3.63, 3.8) is 0 Å². The minimum Gasteiger partial charge on any atom is -0.334 e. The van der Waals surface area contributed by atoms with Gasteiger partial charge in [-0.2, -0.15) is 4.98 Å². The first-order valence-electron chi connectivity index (χ1n) is 8.30. The molecule has 130 valence electrons. The van der Waals surface area contributed by atoms with Crippen LogP contribution in [0.3, 0.4) is 0 Å². The molecular formula is C17H17FN4O3. The summed E-state index contributed by atoms with van der Waals surface area (Å²) in [6, 6.07) is 5.22. The number of amides is 3. The molecule has 1 aliphatic carbocycles. The van der Waals surface area contributed by atoms with E-state index in [1.165, 1.54) is 24.3 Å². The van der Waals surface area contributed by atoms with Gasteiger partial charge in [-0.1, -0.05) is 24.4 Å². The smallest absolute Gasteiger partial charge is 0.325 e. The van der Waals surface area contributed by atoms with Crippen LogP contribution in [0, 0.1) is 5.82 Å². The molecular weight excluding hydrogens is 327 g/mol. The van der Waals surface area contributed by atoms with E-state index in [4.69, 9.17) is 4.52 Å². The van der Waals surface area contributed by atoms with Crippen LogP contribution in [-0.4, -0.2) is 32.5 Å². The Morgan fingerprint density at radius 1 is 1.16 bits per heavy atom. The van der Waals surface area contributed by atoms with Gasteiger partial charge in [0.25, 0.3) is 11.8 Å². The predicted molar refractivity (Wildman–Crippen MR) is 84.6 cm³/mol. The van der Waals surface area contributed by atoms with E-state index in [0.717, 1.165) is 24.2 Å². The second-order valence-electron chi connectivity index (χ2n) is 6.49. The second-order valence-corrected chi connectivity index (χ2v) is 6.49. The standard InChI is InChI=1S/C17H17FN4O3/c18-12-6-4-11(5-7-12)14-19-13(21-25-14)10-22-15(23)17(20-16(22)24)8-2-1-3-9-17/h4-7H,1-3,8-10H2,(H,20,24). The van der Waals surface area contributed by atoms with Crippen molar-refractivity contribution in [1.29, 1.82) is 0 Å². The van der Waals surface area contributed by atoms with Gasteiger partial charge in [0, 0.05) is 5.56 Å². The van der Waals surface area contributed by atoms with Crippen LogP contribution < -0.4 is 5.32 Å². The van der Waals surface area contributed by atoms with Crippen molar-refractivity contribution < 1.29 is 18.5 Å². The molecule has 1 N–H and O–H groups in total. The van der Waals surface area contributed by atoms with Crippen LogP contribution in [0.1, 0.15) is 37.9 Å². The minimum atomic E-state index is -0.765. The fraction of sp³-hybridized carbons (Fsp3) is 0.412. The lowest BCUT2D eigenvalue weighted by Crippen LogP contribution is -2.48. The molecule has 4 rings (SSSR count). The van der Waals surface area contributed by atoms with Crippen LogP contribution in [-0.2, 0) is 11.3 Å². The maximum Gasteiger partial charge on any atom is 0.325 e. The molecule has 1 spiro atoms. The zero-order chi connectivity index (χ0) is 17.4. The number of nitrogens with zero attached hydrogens (tertiary/aromatic N) is 3. The number of rotatable bonds is 3. The van der Waals surface area contributed by atoms with Gasteiger partial charge in [-0.15, -0.1) is 0 Å².